The molecule has 3 aliphatic carbocycles. The summed E-state index contributed by atoms with van der Waals surface area (Å²) in [4.78, 5) is 77.0. The fraction of sp³-hybridized carbons (Fsp3) is 0.844. The maximum absolute atomic E-state index is 15.6. The molecule has 0 aromatic carbocycles. The molecule has 0 radical (unpaired) electrons. The molecular weight excluding hydrogens is 771 g/mol. The average Bonchev–Trinajstić information content (AvgIpc) is 3.57. The van der Waals surface area contributed by atoms with E-state index in [2.05, 4.69) is 42.3 Å². The number of ketones is 2. The molecule has 330 valence electrons. The monoisotopic (exact) mass is 842 g/mol. The number of amides is 3. The molecule has 3 amide bonds. The van der Waals surface area contributed by atoms with E-state index in [1.54, 1.807) is 11.0 Å². The summed E-state index contributed by atoms with van der Waals surface area (Å²) in [5, 5.41) is 3.14. The van der Waals surface area contributed by atoms with E-state index in [1.165, 1.54) is 4.31 Å². The van der Waals surface area contributed by atoms with E-state index < -0.39 is 50.4 Å². The first-order chi connectivity index (χ1) is 27.6. The van der Waals surface area contributed by atoms with Crippen molar-refractivity contribution >= 4 is 39.5 Å². The highest BCUT2D eigenvalue weighted by Crippen LogP contribution is 2.88. The molecule has 4 aliphatic heterocycles. The SMILES string of the molecule is C=C[C@@H]1C[C@]1(CC(=O)[C@@H]1C[C@@]2(CN1C(=O)[C@@H](CC(=O)[C@@H](NC(=O)[C@@H]1CCCN1CC)C(C)(C)C)C1(C)CCOCC1)C(C)(C)C21CCC1)C(=O)NS(=O)(=O)N1CCCC1. The minimum absolute atomic E-state index is 0.0117. The zero-order valence-corrected chi connectivity index (χ0v) is 37.6. The number of nitrogens with one attached hydrogen (secondary N) is 2. The van der Waals surface area contributed by atoms with Gasteiger partial charge in [0.2, 0.25) is 17.7 Å². The van der Waals surface area contributed by atoms with E-state index in [9.17, 15) is 27.6 Å². The van der Waals surface area contributed by atoms with E-state index >= 15 is 4.79 Å². The summed E-state index contributed by atoms with van der Waals surface area (Å²) >= 11 is 0. The largest absolute Gasteiger partial charge is 0.381 e. The Balaban J connectivity index is 1.19. The summed E-state index contributed by atoms with van der Waals surface area (Å²) in [7, 11) is -4.07. The first-order valence-electron chi connectivity index (χ1n) is 22.6. The Bertz CT molecular complexity index is 1830. The Morgan fingerprint density at radius 2 is 1.56 bits per heavy atom. The normalized spacial score (nSPS) is 33.3. The lowest BCUT2D eigenvalue weighted by atomic mass is 9.67. The van der Waals surface area contributed by atoms with Crippen molar-refractivity contribution in [2.75, 3.05) is 45.9 Å². The fourth-order valence-corrected chi connectivity index (χ4v) is 14.1. The molecule has 4 heterocycles. The van der Waals surface area contributed by atoms with Crippen LogP contribution in [0.4, 0.5) is 0 Å². The van der Waals surface area contributed by atoms with Crippen molar-refractivity contribution < 1.29 is 37.1 Å². The lowest BCUT2D eigenvalue weighted by molar-refractivity contribution is -0.150. The van der Waals surface area contributed by atoms with Crippen LogP contribution in [0.3, 0.4) is 0 Å². The van der Waals surface area contributed by atoms with Gasteiger partial charge in [-0.3, -0.25) is 28.9 Å². The second-order valence-electron chi connectivity index (χ2n) is 21.3. The Labute approximate surface area is 352 Å². The average molecular weight is 842 g/mol. The predicted molar refractivity (Wildman–Crippen MR) is 224 cm³/mol. The van der Waals surface area contributed by atoms with Gasteiger partial charge in [0.15, 0.2) is 11.6 Å². The Morgan fingerprint density at radius 3 is 2.10 bits per heavy atom. The Kier molecular flexibility index (Phi) is 11.7. The first kappa shape index (κ1) is 44.4. The zero-order valence-electron chi connectivity index (χ0n) is 36.8. The number of carbonyl (C=O) groups is 5. The van der Waals surface area contributed by atoms with Gasteiger partial charge in [-0.2, -0.15) is 12.7 Å². The predicted octanol–water partition coefficient (Wildman–Crippen LogP) is 4.80. The van der Waals surface area contributed by atoms with Gasteiger partial charge in [-0.1, -0.05) is 61.0 Å². The molecule has 59 heavy (non-hydrogen) atoms. The van der Waals surface area contributed by atoms with E-state index in [-0.39, 0.29) is 64.4 Å². The van der Waals surface area contributed by atoms with Crippen molar-refractivity contribution in [2.45, 2.75) is 150 Å². The number of hydrogen-bond donors (Lipinski definition) is 2. The lowest BCUT2D eigenvalue weighted by Crippen LogP contribution is -2.56. The number of fused-ring (bicyclic) bond motifs is 1. The number of likely N-dealkylation sites (N-methyl/N-ethyl adjacent to an activating group) is 1. The van der Waals surface area contributed by atoms with Crippen LogP contribution >= 0.6 is 0 Å². The van der Waals surface area contributed by atoms with Gasteiger partial charge in [-0.25, -0.2) is 4.72 Å². The van der Waals surface area contributed by atoms with E-state index in [4.69, 9.17) is 4.74 Å². The van der Waals surface area contributed by atoms with Gasteiger partial charge < -0.3 is 15.0 Å². The summed E-state index contributed by atoms with van der Waals surface area (Å²) in [5.74, 6) is -2.66. The van der Waals surface area contributed by atoms with Crippen molar-refractivity contribution in [1.29, 1.82) is 0 Å². The number of rotatable bonds is 15. The van der Waals surface area contributed by atoms with Crippen LogP contribution in [-0.2, 0) is 38.9 Å². The quantitative estimate of drug-likeness (QED) is 0.221. The number of nitrogens with zero attached hydrogens (tertiary/aromatic N) is 3. The number of Topliss-reactive ketones (excluding diaryl/α,β-unsaturated/α-hetero) is 2. The van der Waals surface area contributed by atoms with Crippen molar-refractivity contribution in [3.8, 4) is 0 Å². The molecule has 4 saturated heterocycles. The van der Waals surface area contributed by atoms with Crippen LogP contribution in [0.2, 0.25) is 0 Å². The molecule has 0 aromatic rings. The number of hydrogen-bond acceptors (Lipinski definition) is 9. The standard InChI is InChI=1S/C45H71N5O8S/c1-9-30-26-43(30,39(55)47-59(56,57)49-21-11-12-22-49)28-35(52)33-27-45(41(6,7)44(45)16-14-17-44)29-50(33)38(54)31(42(8)18-23-58-24-19-42)25-34(51)36(40(3,4)5)46-37(53)32-15-13-20-48(32)10-2/h9,30-33,36H,1,10-29H2,2-8H3,(H,46,53)(H,47,55)/t30-,31-,32+,33+,36-,43-,45-/m1/s1. The molecule has 7 rings (SSSR count). The summed E-state index contributed by atoms with van der Waals surface area (Å²) in [6.07, 6.45) is 9.52. The molecule has 3 saturated carbocycles. The summed E-state index contributed by atoms with van der Waals surface area (Å²) in [5.41, 5.74) is -2.89. The number of allylic oxidation sites excluding steroid dienone is 1. The van der Waals surface area contributed by atoms with Gasteiger partial charge in [0.25, 0.3) is 0 Å². The smallest absolute Gasteiger partial charge is 0.303 e. The van der Waals surface area contributed by atoms with Crippen LogP contribution < -0.4 is 10.0 Å². The number of ether oxygens (including phenoxy) is 1. The van der Waals surface area contributed by atoms with Crippen molar-refractivity contribution in [3.63, 3.8) is 0 Å². The molecular formula is C45H71N5O8S. The van der Waals surface area contributed by atoms with Gasteiger partial charge in [0, 0.05) is 51.1 Å². The van der Waals surface area contributed by atoms with E-state index in [0.29, 0.717) is 58.5 Å². The Hall–Kier alpha value is -2.68. The highest BCUT2D eigenvalue weighted by molar-refractivity contribution is 7.87. The molecule has 2 spiro atoms. The highest BCUT2D eigenvalue weighted by Gasteiger charge is 2.85. The third kappa shape index (κ3) is 7.35. The van der Waals surface area contributed by atoms with Crippen LogP contribution in [0.25, 0.3) is 0 Å². The topological polar surface area (TPSA) is 162 Å². The summed E-state index contributed by atoms with van der Waals surface area (Å²) in [6, 6.07) is -1.94. The zero-order chi connectivity index (χ0) is 43.0. The molecule has 7 aliphatic rings. The van der Waals surface area contributed by atoms with Gasteiger partial charge in [-0.15, -0.1) is 6.58 Å². The van der Waals surface area contributed by atoms with Crippen molar-refractivity contribution in [2.24, 2.45) is 44.3 Å². The van der Waals surface area contributed by atoms with Crippen LogP contribution in [0.5, 0.6) is 0 Å². The fourth-order valence-electron chi connectivity index (χ4n) is 12.8. The first-order valence-corrected chi connectivity index (χ1v) is 24.0. The molecule has 0 unspecified atom stereocenters. The Morgan fingerprint density at radius 1 is 0.898 bits per heavy atom. The van der Waals surface area contributed by atoms with Gasteiger partial charge in [0.1, 0.15) is 0 Å². The lowest BCUT2D eigenvalue weighted by Gasteiger charge is -2.43. The summed E-state index contributed by atoms with van der Waals surface area (Å²) < 4.78 is 35.9. The van der Waals surface area contributed by atoms with Crippen molar-refractivity contribution in [3.05, 3.63) is 12.7 Å². The molecule has 7 atom stereocenters. The van der Waals surface area contributed by atoms with Gasteiger partial charge in [-0.05, 0) is 105 Å². The maximum Gasteiger partial charge on any atom is 0.303 e. The number of likely N-dealkylation sites (tertiary alicyclic amines) is 2. The van der Waals surface area contributed by atoms with Crippen molar-refractivity contribution in [1.82, 2.24) is 24.1 Å². The van der Waals surface area contributed by atoms with Crippen LogP contribution in [0, 0.1) is 44.3 Å². The molecule has 14 heteroatoms. The highest BCUT2D eigenvalue weighted by atomic mass is 32.2. The third-order valence-corrected chi connectivity index (χ3v) is 18.7. The van der Waals surface area contributed by atoms with Crippen LogP contribution in [-0.4, -0.2) is 116 Å². The molecule has 2 N–H and O–H groups in total. The van der Waals surface area contributed by atoms with Crippen LogP contribution in [0.1, 0.15) is 132 Å². The van der Waals surface area contributed by atoms with Crippen LogP contribution in [0.15, 0.2) is 12.7 Å². The summed E-state index contributed by atoms with van der Waals surface area (Å²) in [6.45, 7) is 21.9. The third-order valence-electron chi connectivity index (χ3n) is 17.2. The molecule has 0 aromatic heterocycles. The van der Waals surface area contributed by atoms with Gasteiger partial charge >= 0.3 is 10.2 Å². The minimum atomic E-state index is -4.07. The molecule has 7 fully saturated rings. The molecule has 0 bridgehead atoms. The minimum Gasteiger partial charge on any atom is -0.381 e. The van der Waals surface area contributed by atoms with Gasteiger partial charge in [0.05, 0.1) is 29.5 Å². The second-order valence-corrected chi connectivity index (χ2v) is 23.0. The second kappa shape index (κ2) is 15.6. The maximum atomic E-state index is 15.6. The number of carbonyl (C=O) groups excluding carboxylic acids is 5. The van der Waals surface area contributed by atoms with E-state index in [1.807, 2.05) is 27.7 Å². The van der Waals surface area contributed by atoms with E-state index in [0.717, 1.165) is 58.0 Å². The molecule has 13 nitrogen and oxygen atoms in total.